The van der Waals surface area contributed by atoms with E-state index in [0.29, 0.717) is 11.1 Å². The van der Waals surface area contributed by atoms with E-state index in [1.165, 1.54) is 18.2 Å². The van der Waals surface area contributed by atoms with Crippen molar-refractivity contribution >= 4 is 9.84 Å². The first kappa shape index (κ1) is 13.4. The first-order valence-electron chi connectivity index (χ1n) is 5.68. The Morgan fingerprint density at radius 2 is 1.58 bits per heavy atom. The zero-order chi connectivity index (χ0) is 14.2. The molecule has 0 spiro atoms. The molecule has 0 saturated heterocycles. The topological polar surface area (TPSA) is 74.6 Å². The van der Waals surface area contributed by atoms with Gasteiger partial charge in [-0.3, -0.25) is 0 Å². The van der Waals surface area contributed by atoms with Gasteiger partial charge in [-0.1, -0.05) is 18.2 Å². The monoisotopic (exact) mass is 278 g/mol. The molecule has 2 rings (SSSR count). The van der Waals surface area contributed by atoms with Crippen molar-refractivity contribution in [1.82, 2.24) is 0 Å². The predicted octanol–water partition coefficient (Wildman–Crippen LogP) is 2.55. The highest BCUT2D eigenvalue weighted by atomic mass is 32.2. The summed E-state index contributed by atoms with van der Waals surface area (Å²) in [6.45, 7) is 3.29. The third-order valence-electron chi connectivity index (χ3n) is 3.07. The minimum atomic E-state index is -3.94. The van der Waals surface area contributed by atoms with Gasteiger partial charge in [0, 0.05) is 0 Å². The molecule has 0 aliphatic carbocycles. The lowest BCUT2D eigenvalue weighted by atomic mass is 10.1. The molecule has 0 aliphatic rings. The number of phenolic OH excluding ortho intramolecular Hbond substituents is 2. The minimum Gasteiger partial charge on any atom is -0.506 e. The molecule has 0 aliphatic heterocycles. The smallest absolute Gasteiger partial charge is 0.213 e. The van der Waals surface area contributed by atoms with Crippen molar-refractivity contribution in [2.75, 3.05) is 0 Å². The van der Waals surface area contributed by atoms with Gasteiger partial charge in [0.1, 0.15) is 11.5 Å². The van der Waals surface area contributed by atoms with Gasteiger partial charge in [0.15, 0.2) is 4.90 Å². The van der Waals surface area contributed by atoms with Crippen molar-refractivity contribution in [3.63, 3.8) is 0 Å². The third-order valence-corrected chi connectivity index (χ3v) is 4.90. The van der Waals surface area contributed by atoms with Crippen molar-refractivity contribution in [3.05, 3.63) is 47.5 Å². The molecule has 0 saturated carbocycles. The van der Waals surface area contributed by atoms with Crippen LogP contribution < -0.4 is 0 Å². The van der Waals surface area contributed by atoms with Crippen LogP contribution in [-0.2, 0) is 9.84 Å². The van der Waals surface area contributed by atoms with Gasteiger partial charge in [-0.25, -0.2) is 8.42 Å². The Labute approximate surface area is 111 Å². The lowest BCUT2D eigenvalue weighted by Crippen LogP contribution is -2.04. The number of phenols is 2. The van der Waals surface area contributed by atoms with E-state index in [1.807, 2.05) is 0 Å². The van der Waals surface area contributed by atoms with Crippen LogP contribution in [0, 0.1) is 13.8 Å². The van der Waals surface area contributed by atoms with Crippen LogP contribution in [0.2, 0.25) is 0 Å². The zero-order valence-electron chi connectivity index (χ0n) is 10.6. The quantitative estimate of drug-likeness (QED) is 0.885. The van der Waals surface area contributed by atoms with E-state index in [0.717, 1.165) is 0 Å². The molecule has 2 N–H and O–H groups in total. The molecule has 0 atom stereocenters. The molecule has 4 nitrogen and oxygen atoms in total. The number of sulfone groups is 1. The number of benzene rings is 2. The van der Waals surface area contributed by atoms with E-state index in [2.05, 4.69) is 0 Å². The highest BCUT2D eigenvalue weighted by Gasteiger charge is 2.27. The van der Waals surface area contributed by atoms with Gasteiger partial charge in [-0.05, 0) is 43.2 Å². The van der Waals surface area contributed by atoms with Crippen molar-refractivity contribution in [3.8, 4) is 11.5 Å². The molecular weight excluding hydrogens is 264 g/mol. The van der Waals surface area contributed by atoms with Crippen LogP contribution in [0.25, 0.3) is 0 Å². The SMILES string of the molecule is Cc1cc(O)c(S(=O)(=O)c2ccccc2)c(O)c1C. The largest absolute Gasteiger partial charge is 0.506 e. The average Bonchev–Trinajstić information content (AvgIpc) is 2.37. The van der Waals surface area contributed by atoms with Crippen molar-refractivity contribution < 1.29 is 18.6 Å². The Balaban J connectivity index is 2.77. The van der Waals surface area contributed by atoms with Crippen LogP contribution >= 0.6 is 0 Å². The number of rotatable bonds is 2. The van der Waals surface area contributed by atoms with Crippen LogP contribution in [0.3, 0.4) is 0 Å². The summed E-state index contributed by atoms with van der Waals surface area (Å²) in [5.74, 6) is -0.842. The first-order chi connectivity index (χ1) is 8.85. The molecule has 19 heavy (non-hydrogen) atoms. The predicted molar refractivity (Wildman–Crippen MR) is 71.1 cm³/mol. The minimum absolute atomic E-state index is 0.0313. The fourth-order valence-corrected chi connectivity index (χ4v) is 3.33. The molecule has 100 valence electrons. The summed E-state index contributed by atoms with van der Waals surface area (Å²) in [6, 6.07) is 9.04. The summed E-state index contributed by atoms with van der Waals surface area (Å²) in [4.78, 5) is -0.411. The van der Waals surface area contributed by atoms with Crippen molar-refractivity contribution in [2.45, 2.75) is 23.6 Å². The van der Waals surface area contributed by atoms with E-state index >= 15 is 0 Å². The Kier molecular flexibility index (Phi) is 3.24. The lowest BCUT2D eigenvalue weighted by Gasteiger charge is -2.12. The van der Waals surface area contributed by atoms with Crippen LogP contribution in [0.4, 0.5) is 0 Å². The van der Waals surface area contributed by atoms with Gasteiger partial charge in [0.25, 0.3) is 0 Å². The van der Waals surface area contributed by atoms with Gasteiger partial charge in [-0.15, -0.1) is 0 Å². The highest BCUT2D eigenvalue weighted by molar-refractivity contribution is 7.91. The second-order valence-corrected chi connectivity index (χ2v) is 6.22. The summed E-state index contributed by atoms with van der Waals surface area (Å²) >= 11 is 0. The van der Waals surface area contributed by atoms with Crippen LogP contribution in [0.15, 0.2) is 46.2 Å². The standard InChI is InChI=1S/C14H14O4S/c1-9-8-12(15)14(13(16)10(9)2)19(17,18)11-6-4-3-5-7-11/h3-8,15-16H,1-2H3. The Bertz CT molecular complexity index is 719. The van der Waals surface area contributed by atoms with Crippen LogP contribution in [0.1, 0.15) is 11.1 Å². The summed E-state index contributed by atoms with van der Waals surface area (Å²) < 4.78 is 24.8. The Morgan fingerprint density at radius 3 is 2.16 bits per heavy atom. The zero-order valence-corrected chi connectivity index (χ0v) is 11.4. The average molecular weight is 278 g/mol. The van der Waals surface area contributed by atoms with Crippen molar-refractivity contribution in [2.24, 2.45) is 0 Å². The van der Waals surface area contributed by atoms with E-state index < -0.39 is 26.2 Å². The van der Waals surface area contributed by atoms with Crippen molar-refractivity contribution in [1.29, 1.82) is 0 Å². The summed E-state index contributed by atoms with van der Waals surface area (Å²) in [5, 5.41) is 19.9. The number of hydrogen-bond acceptors (Lipinski definition) is 4. The molecule has 0 fully saturated rings. The van der Waals surface area contributed by atoms with Gasteiger partial charge in [0.05, 0.1) is 4.90 Å². The van der Waals surface area contributed by atoms with Gasteiger partial charge >= 0.3 is 0 Å². The number of hydrogen-bond donors (Lipinski definition) is 2. The fraction of sp³-hybridized carbons (Fsp3) is 0.143. The Morgan fingerprint density at radius 1 is 1.00 bits per heavy atom. The summed E-state index contributed by atoms with van der Waals surface area (Å²) in [7, 11) is -3.94. The number of aryl methyl sites for hydroxylation is 1. The first-order valence-corrected chi connectivity index (χ1v) is 7.16. The second-order valence-electron chi connectivity index (χ2n) is 4.33. The maximum atomic E-state index is 12.4. The second kappa shape index (κ2) is 4.59. The van der Waals surface area contributed by atoms with E-state index in [9.17, 15) is 18.6 Å². The van der Waals surface area contributed by atoms with Gasteiger partial charge in [-0.2, -0.15) is 0 Å². The van der Waals surface area contributed by atoms with E-state index in [4.69, 9.17) is 0 Å². The molecule has 0 heterocycles. The van der Waals surface area contributed by atoms with Crippen LogP contribution in [0.5, 0.6) is 11.5 Å². The van der Waals surface area contributed by atoms with Crippen LogP contribution in [-0.4, -0.2) is 18.6 Å². The Hall–Kier alpha value is -2.01. The molecule has 0 amide bonds. The molecule has 0 aromatic heterocycles. The summed E-state index contributed by atoms with van der Waals surface area (Å²) in [6.07, 6.45) is 0. The maximum absolute atomic E-state index is 12.4. The van der Waals surface area contributed by atoms with E-state index in [1.54, 1.807) is 32.0 Å². The molecule has 2 aromatic rings. The van der Waals surface area contributed by atoms with Gasteiger partial charge in [0.2, 0.25) is 9.84 Å². The molecule has 0 unspecified atom stereocenters. The molecule has 0 bridgehead atoms. The molecule has 5 heteroatoms. The lowest BCUT2D eigenvalue weighted by molar-refractivity contribution is 0.419. The maximum Gasteiger partial charge on any atom is 0.213 e. The normalized spacial score (nSPS) is 11.5. The van der Waals surface area contributed by atoms with Gasteiger partial charge < -0.3 is 10.2 Å². The molecular formula is C14H14O4S. The molecule has 2 aromatic carbocycles. The molecule has 0 radical (unpaired) electrons. The third kappa shape index (κ3) is 2.17. The van der Waals surface area contributed by atoms with E-state index in [-0.39, 0.29) is 4.90 Å². The fourth-order valence-electron chi connectivity index (χ4n) is 1.84. The number of aromatic hydroxyl groups is 2. The summed E-state index contributed by atoms with van der Waals surface area (Å²) in [5.41, 5.74) is 1.06. The highest BCUT2D eigenvalue weighted by Crippen LogP contribution is 2.39.